The molecule has 0 spiro atoms. The zero-order valence-electron chi connectivity index (χ0n) is 13.5. The van der Waals surface area contributed by atoms with E-state index < -0.39 is 0 Å². The maximum absolute atomic E-state index is 6.45. The van der Waals surface area contributed by atoms with Crippen molar-refractivity contribution < 1.29 is 0 Å². The van der Waals surface area contributed by atoms with Gasteiger partial charge in [0, 0.05) is 15.8 Å². The van der Waals surface area contributed by atoms with E-state index in [-0.39, 0.29) is 6.04 Å². The molecule has 3 heteroatoms. The lowest BCUT2D eigenvalue weighted by atomic mass is 9.77. The average molecular weight is 295 g/mol. The predicted octanol–water partition coefficient (Wildman–Crippen LogP) is 4.35. The molecule has 1 aliphatic heterocycles. The highest BCUT2D eigenvalue weighted by molar-refractivity contribution is 7.12. The minimum atomic E-state index is 0.249. The summed E-state index contributed by atoms with van der Waals surface area (Å²) in [6.07, 6.45) is 4.95. The molecule has 0 aromatic carbocycles. The van der Waals surface area contributed by atoms with Crippen LogP contribution in [0.1, 0.15) is 62.3 Å². The quantitative estimate of drug-likeness (QED) is 0.875. The molecule has 20 heavy (non-hydrogen) atoms. The molecule has 1 fully saturated rings. The van der Waals surface area contributed by atoms with Gasteiger partial charge >= 0.3 is 0 Å². The molecule has 0 amide bonds. The Balaban J connectivity index is 2.13. The number of nitrogens with zero attached hydrogens (tertiary/aromatic N) is 1. The predicted molar refractivity (Wildman–Crippen MR) is 89.3 cm³/mol. The molecule has 1 aromatic rings. The van der Waals surface area contributed by atoms with Crippen LogP contribution < -0.4 is 5.73 Å². The van der Waals surface area contributed by atoms with Crippen molar-refractivity contribution in [3.05, 3.63) is 21.9 Å². The van der Waals surface area contributed by atoms with E-state index in [0.717, 1.165) is 6.42 Å². The highest BCUT2D eigenvalue weighted by Crippen LogP contribution is 2.39. The summed E-state index contributed by atoms with van der Waals surface area (Å²) in [6.45, 7) is 11.5. The van der Waals surface area contributed by atoms with E-state index >= 15 is 0 Å². The number of nitrogens with two attached hydrogens (primary N) is 1. The van der Waals surface area contributed by atoms with E-state index in [1.165, 1.54) is 42.1 Å². The van der Waals surface area contributed by atoms with Gasteiger partial charge in [0.1, 0.15) is 0 Å². The highest BCUT2D eigenvalue weighted by atomic mass is 32.1. The minimum absolute atomic E-state index is 0.249. The molecule has 1 aliphatic rings. The molecule has 2 nitrogen and oxygen atoms in total. The van der Waals surface area contributed by atoms with E-state index in [2.05, 4.69) is 44.7 Å². The van der Waals surface area contributed by atoms with Crippen LogP contribution in [0.5, 0.6) is 0 Å². The van der Waals surface area contributed by atoms with Crippen LogP contribution in [-0.4, -0.2) is 24.0 Å². The molecule has 0 radical (unpaired) electrons. The molecule has 2 N–H and O–H groups in total. The molecule has 114 valence electrons. The van der Waals surface area contributed by atoms with Crippen LogP contribution >= 0.6 is 11.3 Å². The lowest BCUT2D eigenvalue weighted by Gasteiger charge is -2.43. The van der Waals surface area contributed by atoms with Crippen molar-refractivity contribution in [2.24, 2.45) is 11.1 Å². The van der Waals surface area contributed by atoms with Crippen LogP contribution in [0, 0.1) is 12.3 Å². The number of thiophene rings is 1. The first kappa shape index (κ1) is 16.0. The molecular weight excluding hydrogens is 264 g/mol. The number of piperidine rings is 1. The first-order chi connectivity index (χ1) is 9.49. The zero-order valence-corrected chi connectivity index (χ0v) is 14.3. The second-order valence-corrected chi connectivity index (χ2v) is 7.99. The van der Waals surface area contributed by atoms with Crippen molar-refractivity contribution in [3.63, 3.8) is 0 Å². The van der Waals surface area contributed by atoms with Gasteiger partial charge in [-0.2, -0.15) is 0 Å². The Morgan fingerprint density at radius 2 is 1.95 bits per heavy atom. The van der Waals surface area contributed by atoms with E-state index in [9.17, 15) is 0 Å². The fourth-order valence-electron chi connectivity index (χ4n) is 3.19. The van der Waals surface area contributed by atoms with Gasteiger partial charge in [0.05, 0.1) is 6.04 Å². The zero-order chi connectivity index (χ0) is 14.8. The summed E-state index contributed by atoms with van der Waals surface area (Å²) in [7, 11) is 0. The van der Waals surface area contributed by atoms with Crippen molar-refractivity contribution in [2.45, 2.75) is 65.5 Å². The summed E-state index contributed by atoms with van der Waals surface area (Å²) < 4.78 is 0. The van der Waals surface area contributed by atoms with E-state index in [0.29, 0.717) is 11.5 Å². The molecule has 1 aromatic heterocycles. The van der Waals surface area contributed by atoms with Gasteiger partial charge in [-0.05, 0) is 56.8 Å². The van der Waals surface area contributed by atoms with Gasteiger partial charge in [-0.3, -0.25) is 4.90 Å². The van der Waals surface area contributed by atoms with Crippen molar-refractivity contribution in [2.75, 3.05) is 13.1 Å². The Hall–Kier alpha value is -0.380. The normalized spacial score (nSPS) is 22.6. The fourth-order valence-corrected chi connectivity index (χ4v) is 4.28. The lowest BCUT2D eigenvalue weighted by molar-refractivity contribution is 0.0706. The van der Waals surface area contributed by atoms with Gasteiger partial charge < -0.3 is 5.73 Å². The number of hydrogen-bond donors (Lipinski definition) is 1. The SMILES string of the molecule is CCC(N)C(c1ccc(C)s1)N1CCC(C)(CC)CC1. The number of aryl methyl sites for hydroxylation is 1. The Labute approximate surface area is 128 Å². The molecule has 0 saturated carbocycles. The summed E-state index contributed by atoms with van der Waals surface area (Å²) in [4.78, 5) is 5.48. The van der Waals surface area contributed by atoms with E-state index in [4.69, 9.17) is 5.73 Å². The van der Waals surface area contributed by atoms with E-state index in [1.807, 2.05) is 11.3 Å². The molecule has 2 unspecified atom stereocenters. The van der Waals surface area contributed by atoms with Gasteiger partial charge in [0.2, 0.25) is 0 Å². The minimum Gasteiger partial charge on any atom is -0.326 e. The summed E-state index contributed by atoms with van der Waals surface area (Å²) in [5.41, 5.74) is 7.00. The average Bonchev–Trinajstić information content (AvgIpc) is 2.87. The van der Waals surface area contributed by atoms with Crippen molar-refractivity contribution in [3.8, 4) is 0 Å². The molecular formula is C17H30N2S. The third-order valence-electron chi connectivity index (χ3n) is 5.18. The van der Waals surface area contributed by atoms with Gasteiger partial charge in [-0.1, -0.05) is 27.2 Å². The first-order valence-electron chi connectivity index (χ1n) is 8.05. The number of hydrogen-bond acceptors (Lipinski definition) is 3. The van der Waals surface area contributed by atoms with Crippen LogP contribution in [0.25, 0.3) is 0 Å². The van der Waals surface area contributed by atoms with Crippen LogP contribution in [0.15, 0.2) is 12.1 Å². The maximum atomic E-state index is 6.45. The molecule has 1 saturated heterocycles. The van der Waals surface area contributed by atoms with Crippen molar-refractivity contribution in [1.82, 2.24) is 4.90 Å². The fraction of sp³-hybridized carbons (Fsp3) is 0.765. The third kappa shape index (κ3) is 3.44. The van der Waals surface area contributed by atoms with Crippen LogP contribution in [0.4, 0.5) is 0 Å². The third-order valence-corrected chi connectivity index (χ3v) is 6.25. The summed E-state index contributed by atoms with van der Waals surface area (Å²) >= 11 is 1.92. The van der Waals surface area contributed by atoms with Crippen LogP contribution in [0.3, 0.4) is 0 Å². The van der Waals surface area contributed by atoms with Crippen LogP contribution in [-0.2, 0) is 0 Å². The lowest BCUT2D eigenvalue weighted by Crippen LogP contribution is -2.46. The van der Waals surface area contributed by atoms with Crippen molar-refractivity contribution >= 4 is 11.3 Å². The van der Waals surface area contributed by atoms with Crippen LogP contribution in [0.2, 0.25) is 0 Å². The van der Waals surface area contributed by atoms with Gasteiger partial charge in [0.25, 0.3) is 0 Å². The summed E-state index contributed by atoms with van der Waals surface area (Å²) in [5, 5.41) is 0. The second-order valence-electron chi connectivity index (χ2n) is 6.67. The monoisotopic (exact) mass is 294 g/mol. The first-order valence-corrected chi connectivity index (χ1v) is 8.86. The molecule has 2 rings (SSSR count). The number of likely N-dealkylation sites (tertiary alicyclic amines) is 1. The van der Waals surface area contributed by atoms with Crippen molar-refractivity contribution in [1.29, 1.82) is 0 Å². The molecule has 0 aliphatic carbocycles. The van der Waals surface area contributed by atoms with Gasteiger partial charge in [-0.25, -0.2) is 0 Å². The smallest absolute Gasteiger partial charge is 0.0593 e. The van der Waals surface area contributed by atoms with Gasteiger partial charge in [0.15, 0.2) is 0 Å². The Kier molecular flexibility index (Phi) is 5.27. The number of rotatable bonds is 5. The maximum Gasteiger partial charge on any atom is 0.0593 e. The Morgan fingerprint density at radius 3 is 2.40 bits per heavy atom. The second kappa shape index (κ2) is 6.59. The molecule has 2 heterocycles. The highest BCUT2D eigenvalue weighted by Gasteiger charge is 2.34. The largest absolute Gasteiger partial charge is 0.326 e. The molecule has 2 atom stereocenters. The summed E-state index contributed by atoms with van der Waals surface area (Å²) in [5.74, 6) is 0. The summed E-state index contributed by atoms with van der Waals surface area (Å²) in [6, 6.07) is 5.18. The standard InChI is InChI=1S/C17H30N2S/c1-5-14(18)16(15-8-7-13(3)20-15)19-11-9-17(4,6-2)10-12-19/h7-8,14,16H,5-6,9-12,18H2,1-4H3. The Morgan fingerprint density at radius 1 is 1.30 bits per heavy atom. The Bertz CT molecular complexity index is 418. The van der Waals surface area contributed by atoms with Gasteiger partial charge in [-0.15, -0.1) is 11.3 Å². The van der Waals surface area contributed by atoms with E-state index in [1.54, 1.807) is 0 Å². The topological polar surface area (TPSA) is 29.3 Å². The molecule has 0 bridgehead atoms.